The van der Waals surface area contributed by atoms with Gasteiger partial charge in [0.15, 0.2) is 0 Å². The number of primary amides is 1. The van der Waals surface area contributed by atoms with E-state index >= 15 is 0 Å². The second-order valence-electron chi connectivity index (χ2n) is 2.85. The van der Waals surface area contributed by atoms with Crippen molar-refractivity contribution in [2.45, 2.75) is 0 Å². The Morgan fingerprint density at radius 1 is 1.38 bits per heavy atom. The number of ether oxygens (including phenoxy) is 2. The van der Waals surface area contributed by atoms with Crippen molar-refractivity contribution in [3.63, 3.8) is 0 Å². The summed E-state index contributed by atoms with van der Waals surface area (Å²) in [5.74, 6) is -0.821. The highest BCUT2D eigenvalue weighted by atomic mass is 16.6. The first kappa shape index (κ1) is 11.8. The van der Waals surface area contributed by atoms with Crippen LogP contribution < -0.4 is 15.2 Å². The molecule has 0 aliphatic carbocycles. The third-order valence-corrected chi connectivity index (χ3v) is 1.94. The Bertz CT molecular complexity index is 409. The molecule has 0 saturated heterocycles. The van der Waals surface area contributed by atoms with Crippen LogP contribution in [-0.2, 0) is 0 Å². The fourth-order valence-electron chi connectivity index (χ4n) is 1.24. The highest BCUT2D eigenvalue weighted by molar-refractivity contribution is 5.97. The van der Waals surface area contributed by atoms with E-state index < -0.39 is 10.8 Å². The molecule has 0 saturated carbocycles. The molecule has 1 amide bonds. The zero-order chi connectivity index (χ0) is 12.3. The van der Waals surface area contributed by atoms with Crippen LogP contribution in [0.5, 0.6) is 11.5 Å². The normalized spacial score (nSPS) is 9.62. The molecular formula is C9H10N2O5. The highest BCUT2D eigenvalue weighted by Gasteiger charge is 2.23. The summed E-state index contributed by atoms with van der Waals surface area (Å²) in [6.07, 6.45) is 0. The molecule has 1 aromatic carbocycles. The first-order valence-electron chi connectivity index (χ1n) is 4.21. The minimum Gasteiger partial charge on any atom is -0.496 e. The van der Waals surface area contributed by atoms with Crippen molar-refractivity contribution >= 4 is 11.6 Å². The van der Waals surface area contributed by atoms with Gasteiger partial charge in [0.25, 0.3) is 5.91 Å². The molecule has 0 bridgehead atoms. The van der Waals surface area contributed by atoms with E-state index in [9.17, 15) is 14.9 Å². The van der Waals surface area contributed by atoms with E-state index in [1.165, 1.54) is 20.3 Å². The monoisotopic (exact) mass is 226 g/mol. The molecular weight excluding hydrogens is 216 g/mol. The molecule has 7 heteroatoms. The first-order valence-corrected chi connectivity index (χ1v) is 4.21. The summed E-state index contributed by atoms with van der Waals surface area (Å²) in [4.78, 5) is 21.2. The lowest BCUT2D eigenvalue weighted by molar-refractivity contribution is -0.385. The molecule has 0 spiro atoms. The van der Waals surface area contributed by atoms with Crippen LogP contribution in [0.1, 0.15) is 10.4 Å². The smallest absolute Gasteiger partial charge is 0.315 e. The summed E-state index contributed by atoms with van der Waals surface area (Å²) in [7, 11) is 2.55. The van der Waals surface area contributed by atoms with Gasteiger partial charge in [-0.1, -0.05) is 0 Å². The summed E-state index contributed by atoms with van der Waals surface area (Å²) in [6, 6.07) is 2.44. The summed E-state index contributed by atoms with van der Waals surface area (Å²) >= 11 is 0. The number of carbonyl (C=O) groups excluding carboxylic acids is 1. The van der Waals surface area contributed by atoms with Crippen LogP contribution in [0.4, 0.5) is 5.69 Å². The molecule has 86 valence electrons. The third kappa shape index (κ3) is 2.02. The molecule has 0 aliphatic heterocycles. The van der Waals surface area contributed by atoms with Crippen molar-refractivity contribution in [2.24, 2.45) is 5.73 Å². The average molecular weight is 226 g/mol. The molecule has 1 aromatic rings. The average Bonchev–Trinajstić information content (AvgIpc) is 2.26. The molecule has 0 heterocycles. The summed E-state index contributed by atoms with van der Waals surface area (Å²) in [5.41, 5.74) is 4.63. The molecule has 0 radical (unpaired) electrons. The van der Waals surface area contributed by atoms with E-state index in [0.717, 1.165) is 6.07 Å². The van der Waals surface area contributed by atoms with Crippen LogP contribution in [0.3, 0.4) is 0 Å². The summed E-state index contributed by atoms with van der Waals surface area (Å²) in [6.45, 7) is 0. The van der Waals surface area contributed by atoms with Crippen LogP contribution in [0, 0.1) is 10.1 Å². The van der Waals surface area contributed by atoms with Crippen molar-refractivity contribution in [3.05, 3.63) is 27.8 Å². The van der Waals surface area contributed by atoms with Gasteiger partial charge in [-0.05, 0) is 6.07 Å². The summed E-state index contributed by atoms with van der Waals surface area (Å²) in [5, 5.41) is 10.7. The Balaban J connectivity index is 3.52. The molecule has 0 aliphatic rings. The molecule has 0 aromatic heterocycles. The van der Waals surface area contributed by atoms with Crippen LogP contribution >= 0.6 is 0 Å². The standard InChI is InChI=1S/C9H10N2O5/c1-15-5-3-6(9(10)12)8(16-2)7(4-5)11(13)14/h3-4H,1-2H3,(H2,10,12). The number of rotatable bonds is 4. The van der Waals surface area contributed by atoms with Gasteiger partial charge in [-0.2, -0.15) is 0 Å². The second kappa shape index (κ2) is 4.47. The van der Waals surface area contributed by atoms with Gasteiger partial charge < -0.3 is 15.2 Å². The molecule has 16 heavy (non-hydrogen) atoms. The molecule has 0 unspecified atom stereocenters. The van der Waals surface area contributed by atoms with Gasteiger partial charge in [-0.3, -0.25) is 14.9 Å². The van der Waals surface area contributed by atoms with Gasteiger partial charge in [0, 0.05) is 0 Å². The number of nitro groups is 1. The maximum atomic E-state index is 11.1. The number of benzene rings is 1. The van der Waals surface area contributed by atoms with Gasteiger partial charge in [0.1, 0.15) is 5.75 Å². The van der Waals surface area contributed by atoms with Crippen molar-refractivity contribution in [1.82, 2.24) is 0 Å². The number of hydrogen-bond acceptors (Lipinski definition) is 5. The lowest BCUT2D eigenvalue weighted by Crippen LogP contribution is -2.13. The van der Waals surface area contributed by atoms with Crippen molar-refractivity contribution in [3.8, 4) is 11.5 Å². The molecule has 0 fully saturated rings. The molecule has 0 atom stereocenters. The van der Waals surface area contributed by atoms with E-state index in [4.69, 9.17) is 15.2 Å². The van der Waals surface area contributed by atoms with Crippen LogP contribution in [-0.4, -0.2) is 25.1 Å². The number of nitro benzene ring substituents is 1. The number of hydrogen-bond donors (Lipinski definition) is 1. The van der Waals surface area contributed by atoms with Crippen LogP contribution in [0.2, 0.25) is 0 Å². The van der Waals surface area contributed by atoms with E-state index in [1.807, 2.05) is 0 Å². The van der Waals surface area contributed by atoms with E-state index in [2.05, 4.69) is 0 Å². The Morgan fingerprint density at radius 3 is 2.38 bits per heavy atom. The van der Waals surface area contributed by atoms with E-state index in [1.54, 1.807) is 0 Å². The van der Waals surface area contributed by atoms with Crippen LogP contribution in [0.15, 0.2) is 12.1 Å². The zero-order valence-electron chi connectivity index (χ0n) is 8.72. The molecule has 2 N–H and O–H groups in total. The van der Waals surface area contributed by atoms with Crippen molar-refractivity contribution < 1.29 is 19.2 Å². The lowest BCUT2D eigenvalue weighted by Gasteiger charge is -2.08. The SMILES string of the molecule is COc1cc(C(N)=O)c(OC)c([N+](=O)[O-])c1. The predicted octanol–water partition coefficient (Wildman–Crippen LogP) is 0.711. The lowest BCUT2D eigenvalue weighted by atomic mass is 10.1. The fourth-order valence-corrected chi connectivity index (χ4v) is 1.24. The fraction of sp³-hybridized carbons (Fsp3) is 0.222. The third-order valence-electron chi connectivity index (χ3n) is 1.94. The van der Waals surface area contributed by atoms with E-state index in [0.29, 0.717) is 0 Å². The summed E-state index contributed by atoms with van der Waals surface area (Å²) < 4.78 is 9.63. The predicted molar refractivity (Wildman–Crippen MR) is 54.7 cm³/mol. The van der Waals surface area contributed by atoms with Gasteiger partial charge in [-0.15, -0.1) is 0 Å². The second-order valence-corrected chi connectivity index (χ2v) is 2.85. The zero-order valence-corrected chi connectivity index (χ0v) is 8.72. The minimum atomic E-state index is -0.821. The number of amides is 1. The quantitative estimate of drug-likeness (QED) is 0.601. The Hall–Kier alpha value is -2.31. The van der Waals surface area contributed by atoms with Crippen molar-refractivity contribution in [2.75, 3.05) is 14.2 Å². The number of methoxy groups -OCH3 is 2. The van der Waals surface area contributed by atoms with Gasteiger partial charge >= 0.3 is 5.69 Å². The molecule has 1 rings (SSSR count). The highest BCUT2D eigenvalue weighted by Crippen LogP contribution is 2.34. The largest absolute Gasteiger partial charge is 0.496 e. The van der Waals surface area contributed by atoms with Gasteiger partial charge in [-0.25, -0.2) is 0 Å². The van der Waals surface area contributed by atoms with Gasteiger partial charge in [0.05, 0.1) is 30.8 Å². The van der Waals surface area contributed by atoms with E-state index in [-0.39, 0.29) is 22.7 Å². The first-order chi connectivity index (χ1) is 7.51. The maximum absolute atomic E-state index is 11.1. The Kier molecular flexibility index (Phi) is 3.29. The maximum Gasteiger partial charge on any atom is 0.315 e. The number of nitrogens with two attached hydrogens (primary N) is 1. The topological polar surface area (TPSA) is 105 Å². The molecule has 7 nitrogen and oxygen atoms in total. The van der Waals surface area contributed by atoms with Crippen LogP contribution in [0.25, 0.3) is 0 Å². The van der Waals surface area contributed by atoms with Crippen molar-refractivity contribution in [1.29, 1.82) is 0 Å². The Labute approximate surface area is 90.9 Å². The number of carbonyl (C=O) groups is 1. The minimum absolute atomic E-state index is 0.0893. The van der Waals surface area contributed by atoms with Gasteiger partial charge in [0.2, 0.25) is 5.75 Å². The number of nitrogens with zero attached hydrogens (tertiary/aromatic N) is 1. The Morgan fingerprint density at radius 2 is 2.00 bits per heavy atom.